The van der Waals surface area contributed by atoms with Crippen molar-refractivity contribution in [2.24, 2.45) is 11.8 Å². The summed E-state index contributed by atoms with van der Waals surface area (Å²) in [5.41, 5.74) is 1.05. The Bertz CT molecular complexity index is 1050. The van der Waals surface area contributed by atoms with Crippen LogP contribution in [0, 0.1) is 11.8 Å². The number of ether oxygens (including phenoxy) is 1. The molecule has 41 heavy (non-hydrogen) atoms. The van der Waals surface area contributed by atoms with Gasteiger partial charge in [-0.05, 0) is 43.1 Å². The van der Waals surface area contributed by atoms with Crippen LogP contribution in [0.2, 0.25) is 0 Å². The SMILES string of the molecule is CC(C)COC(=O)NC(CCC(=O)O)C(=O)NC(CC(C)C)C(=O)NC(CS)C(=O)NCC1(c2ccccc2)CC1. The van der Waals surface area contributed by atoms with E-state index in [4.69, 9.17) is 9.84 Å². The fourth-order valence-corrected chi connectivity index (χ4v) is 4.55. The molecule has 1 aromatic carbocycles. The fourth-order valence-electron chi connectivity index (χ4n) is 4.29. The molecule has 0 spiro atoms. The molecule has 228 valence electrons. The third-order valence-electron chi connectivity index (χ3n) is 6.80. The second kappa shape index (κ2) is 16.2. The van der Waals surface area contributed by atoms with Crippen molar-refractivity contribution < 1.29 is 33.8 Å². The van der Waals surface area contributed by atoms with Gasteiger partial charge in [0, 0.05) is 24.1 Å². The number of benzene rings is 1. The van der Waals surface area contributed by atoms with Crippen molar-refractivity contribution in [1.82, 2.24) is 21.3 Å². The molecule has 12 heteroatoms. The van der Waals surface area contributed by atoms with Crippen molar-refractivity contribution in [1.29, 1.82) is 0 Å². The predicted molar refractivity (Wildman–Crippen MR) is 158 cm³/mol. The Morgan fingerprint density at radius 2 is 1.49 bits per heavy atom. The Morgan fingerprint density at radius 3 is 2.02 bits per heavy atom. The highest BCUT2D eigenvalue weighted by atomic mass is 32.1. The van der Waals surface area contributed by atoms with Crippen LogP contribution in [0.3, 0.4) is 0 Å². The summed E-state index contributed by atoms with van der Waals surface area (Å²) in [7, 11) is 0. The average Bonchev–Trinajstić information content (AvgIpc) is 3.72. The van der Waals surface area contributed by atoms with Gasteiger partial charge in [0.1, 0.15) is 18.1 Å². The first-order valence-electron chi connectivity index (χ1n) is 14.1. The summed E-state index contributed by atoms with van der Waals surface area (Å²) < 4.78 is 5.07. The van der Waals surface area contributed by atoms with Crippen molar-refractivity contribution in [3.8, 4) is 0 Å². The molecule has 2 rings (SSSR count). The van der Waals surface area contributed by atoms with Crippen molar-refractivity contribution >= 4 is 42.4 Å². The molecule has 11 nitrogen and oxygen atoms in total. The minimum absolute atomic E-state index is 0.00337. The zero-order valence-electron chi connectivity index (χ0n) is 24.3. The lowest BCUT2D eigenvalue weighted by molar-refractivity contribution is -0.137. The summed E-state index contributed by atoms with van der Waals surface area (Å²) in [6.45, 7) is 8.00. The number of alkyl carbamates (subject to hydrolysis) is 1. The van der Waals surface area contributed by atoms with E-state index >= 15 is 0 Å². The molecule has 4 amide bonds. The number of carboxylic acid groups (broad SMARTS) is 1. The number of aliphatic carboxylic acids is 1. The van der Waals surface area contributed by atoms with E-state index < -0.39 is 42.0 Å². The van der Waals surface area contributed by atoms with Gasteiger partial charge in [0.05, 0.1) is 6.61 Å². The second-order valence-electron chi connectivity index (χ2n) is 11.4. The molecule has 1 saturated carbocycles. The van der Waals surface area contributed by atoms with Gasteiger partial charge in [0.2, 0.25) is 17.7 Å². The van der Waals surface area contributed by atoms with Crippen molar-refractivity contribution in [2.45, 2.75) is 83.3 Å². The number of thiol groups is 1. The van der Waals surface area contributed by atoms with E-state index in [0.717, 1.165) is 18.4 Å². The highest BCUT2D eigenvalue weighted by molar-refractivity contribution is 7.80. The van der Waals surface area contributed by atoms with Crippen LogP contribution in [0.4, 0.5) is 4.79 Å². The van der Waals surface area contributed by atoms with Gasteiger partial charge in [0.25, 0.3) is 0 Å². The van der Waals surface area contributed by atoms with Crippen LogP contribution in [0.1, 0.15) is 65.4 Å². The van der Waals surface area contributed by atoms with Gasteiger partial charge < -0.3 is 31.1 Å². The van der Waals surface area contributed by atoms with E-state index in [0.29, 0.717) is 6.54 Å². The third kappa shape index (κ3) is 11.6. The molecule has 1 aliphatic rings. The van der Waals surface area contributed by atoms with Crippen molar-refractivity contribution in [2.75, 3.05) is 18.9 Å². The van der Waals surface area contributed by atoms with Crippen LogP contribution < -0.4 is 21.3 Å². The summed E-state index contributed by atoms with van der Waals surface area (Å²) >= 11 is 4.26. The number of nitrogens with one attached hydrogen (secondary N) is 4. The average molecular weight is 593 g/mol. The Morgan fingerprint density at radius 1 is 0.878 bits per heavy atom. The molecular formula is C29H44N4O7S. The van der Waals surface area contributed by atoms with E-state index in [1.54, 1.807) is 0 Å². The fraction of sp³-hybridized carbons (Fsp3) is 0.621. The number of hydrogen-bond donors (Lipinski definition) is 6. The van der Waals surface area contributed by atoms with Crippen LogP contribution in [-0.2, 0) is 29.3 Å². The maximum absolute atomic E-state index is 13.3. The molecule has 0 heterocycles. The monoisotopic (exact) mass is 592 g/mol. The number of amides is 4. The van der Waals surface area contributed by atoms with Gasteiger partial charge in [-0.25, -0.2) is 4.79 Å². The van der Waals surface area contributed by atoms with E-state index in [-0.39, 0.29) is 54.8 Å². The number of rotatable bonds is 17. The van der Waals surface area contributed by atoms with E-state index in [9.17, 15) is 24.0 Å². The zero-order chi connectivity index (χ0) is 30.6. The maximum Gasteiger partial charge on any atom is 0.407 e. The van der Waals surface area contributed by atoms with Gasteiger partial charge in [-0.2, -0.15) is 12.6 Å². The quantitative estimate of drug-likeness (QED) is 0.151. The molecule has 0 aliphatic heterocycles. The lowest BCUT2D eigenvalue weighted by atomic mass is 9.96. The molecule has 0 saturated heterocycles. The summed E-state index contributed by atoms with van der Waals surface area (Å²) in [6.07, 6.45) is 0.734. The molecule has 3 atom stereocenters. The van der Waals surface area contributed by atoms with E-state index in [2.05, 4.69) is 33.9 Å². The highest BCUT2D eigenvalue weighted by Gasteiger charge is 2.44. The second-order valence-corrected chi connectivity index (χ2v) is 11.8. The molecule has 3 unspecified atom stereocenters. The highest BCUT2D eigenvalue weighted by Crippen LogP contribution is 2.47. The van der Waals surface area contributed by atoms with Crippen LogP contribution in [0.15, 0.2) is 30.3 Å². The molecule has 1 aromatic rings. The summed E-state index contributed by atoms with van der Waals surface area (Å²) in [4.78, 5) is 62.7. The normalized spacial score (nSPS) is 15.8. The van der Waals surface area contributed by atoms with Crippen molar-refractivity contribution in [3.05, 3.63) is 35.9 Å². The number of hydrogen-bond acceptors (Lipinski definition) is 7. The lowest BCUT2D eigenvalue weighted by Crippen LogP contribution is -2.57. The molecule has 0 aromatic heterocycles. The first-order valence-corrected chi connectivity index (χ1v) is 14.7. The summed E-state index contributed by atoms with van der Waals surface area (Å²) in [5, 5.41) is 19.8. The number of carbonyl (C=O) groups excluding carboxylic acids is 4. The van der Waals surface area contributed by atoms with Crippen LogP contribution >= 0.6 is 12.6 Å². The van der Waals surface area contributed by atoms with Crippen LogP contribution in [0.5, 0.6) is 0 Å². The predicted octanol–water partition coefficient (Wildman–Crippen LogP) is 2.40. The molecule has 1 fully saturated rings. The van der Waals surface area contributed by atoms with Crippen molar-refractivity contribution in [3.63, 3.8) is 0 Å². The Labute approximate surface area is 247 Å². The first kappa shape index (κ1) is 33.9. The van der Waals surface area contributed by atoms with Crippen LogP contribution in [0.25, 0.3) is 0 Å². The first-order chi connectivity index (χ1) is 19.4. The molecule has 0 bridgehead atoms. The summed E-state index contributed by atoms with van der Waals surface area (Å²) in [6, 6.07) is 6.76. The minimum atomic E-state index is -1.23. The molecular weight excluding hydrogens is 548 g/mol. The Kier molecular flexibility index (Phi) is 13.4. The zero-order valence-corrected chi connectivity index (χ0v) is 25.2. The maximum atomic E-state index is 13.3. The molecule has 0 radical (unpaired) electrons. The van der Waals surface area contributed by atoms with Gasteiger partial charge in [-0.1, -0.05) is 58.0 Å². The molecule has 5 N–H and O–H groups in total. The number of carboxylic acids is 1. The standard InChI is InChI=1S/C29H44N4O7S/c1-18(2)14-22(31-26(37)21(10-11-24(34)35)33-28(39)40-15-19(3)4)27(38)32-23(16-41)25(36)30-17-29(12-13-29)20-8-6-5-7-9-20/h5-9,18-19,21-23,41H,10-17H2,1-4H3,(H,30,36)(H,31,37)(H,32,38)(H,33,39)(H,34,35). The van der Waals surface area contributed by atoms with Gasteiger partial charge in [-0.3, -0.25) is 19.2 Å². The number of carbonyl (C=O) groups is 5. The Hall–Kier alpha value is -3.28. The minimum Gasteiger partial charge on any atom is -0.481 e. The van der Waals surface area contributed by atoms with E-state index in [1.807, 2.05) is 58.0 Å². The molecule has 1 aliphatic carbocycles. The topological polar surface area (TPSA) is 163 Å². The Balaban J connectivity index is 2.04. The van der Waals surface area contributed by atoms with E-state index in [1.165, 1.54) is 0 Å². The smallest absolute Gasteiger partial charge is 0.407 e. The van der Waals surface area contributed by atoms with Gasteiger partial charge >= 0.3 is 12.1 Å². The summed E-state index contributed by atoms with van der Waals surface area (Å²) in [5.74, 6) is -2.71. The third-order valence-corrected chi connectivity index (χ3v) is 7.16. The van der Waals surface area contributed by atoms with Gasteiger partial charge in [0.15, 0.2) is 0 Å². The largest absolute Gasteiger partial charge is 0.481 e. The van der Waals surface area contributed by atoms with Gasteiger partial charge in [-0.15, -0.1) is 0 Å². The van der Waals surface area contributed by atoms with Crippen LogP contribution in [-0.4, -0.2) is 71.9 Å². The lowest BCUT2D eigenvalue weighted by Gasteiger charge is -2.26.